The highest BCUT2D eigenvalue weighted by atomic mass is 16.5. The molecule has 4 unspecified atom stereocenters. The zero-order chi connectivity index (χ0) is 11.8. The Morgan fingerprint density at radius 3 is 2.47 bits per heavy atom. The summed E-state index contributed by atoms with van der Waals surface area (Å²) in [6, 6.07) is 2.46. The number of hydrogen-bond donors (Lipinski definition) is 1. The molecule has 0 aliphatic carbocycles. The highest BCUT2D eigenvalue weighted by Gasteiger charge is 2.38. The van der Waals surface area contributed by atoms with Gasteiger partial charge in [0, 0.05) is 31.3 Å². The molecule has 0 aromatic carbocycles. The molecular formula is C14H26N2O. The molecule has 98 valence electrons. The van der Waals surface area contributed by atoms with Crippen molar-refractivity contribution in [1.82, 2.24) is 10.2 Å². The monoisotopic (exact) mass is 238 g/mol. The van der Waals surface area contributed by atoms with E-state index < -0.39 is 0 Å². The lowest BCUT2D eigenvalue weighted by atomic mass is 9.96. The summed E-state index contributed by atoms with van der Waals surface area (Å²) in [5.74, 6) is 0.743. The van der Waals surface area contributed by atoms with Crippen molar-refractivity contribution < 1.29 is 4.74 Å². The molecule has 3 rings (SSSR count). The summed E-state index contributed by atoms with van der Waals surface area (Å²) >= 11 is 0. The van der Waals surface area contributed by atoms with Crippen molar-refractivity contribution in [2.45, 2.75) is 63.3 Å². The largest absolute Gasteiger partial charge is 0.378 e. The van der Waals surface area contributed by atoms with E-state index in [1.165, 1.54) is 32.1 Å². The number of hydrogen-bond acceptors (Lipinski definition) is 3. The van der Waals surface area contributed by atoms with Crippen LogP contribution in [0.2, 0.25) is 0 Å². The third-order valence-electron chi connectivity index (χ3n) is 5.30. The molecule has 3 aliphatic heterocycles. The maximum Gasteiger partial charge on any atom is 0.0588 e. The molecule has 3 saturated heterocycles. The van der Waals surface area contributed by atoms with Gasteiger partial charge in [-0.15, -0.1) is 0 Å². The first-order valence-electron chi connectivity index (χ1n) is 7.31. The van der Waals surface area contributed by atoms with Crippen molar-refractivity contribution >= 4 is 0 Å². The Morgan fingerprint density at radius 1 is 1.18 bits per heavy atom. The quantitative estimate of drug-likeness (QED) is 0.809. The van der Waals surface area contributed by atoms with E-state index in [0.29, 0.717) is 6.10 Å². The fraction of sp³-hybridized carbons (Fsp3) is 1.00. The van der Waals surface area contributed by atoms with Gasteiger partial charge in [0.1, 0.15) is 0 Å². The Kier molecular flexibility index (Phi) is 3.42. The first-order chi connectivity index (χ1) is 8.24. The Hall–Kier alpha value is -0.120. The minimum absolute atomic E-state index is 0.463. The van der Waals surface area contributed by atoms with E-state index in [-0.39, 0.29) is 0 Å². The smallest absolute Gasteiger partial charge is 0.0588 e. The Bertz CT molecular complexity index is 257. The standard InChI is InChI=1S/C14H26N2O/c1-10-11(5-6-17-10)9-15-12-7-13-3-4-14(8-12)16(13)2/h10-15H,3-9H2,1-2H3. The van der Waals surface area contributed by atoms with Crippen LogP contribution in [0, 0.1) is 5.92 Å². The fourth-order valence-electron chi connectivity index (χ4n) is 3.94. The lowest BCUT2D eigenvalue weighted by Crippen LogP contribution is -2.48. The zero-order valence-corrected chi connectivity index (χ0v) is 11.2. The van der Waals surface area contributed by atoms with E-state index in [9.17, 15) is 0 Å². The molecule has 17 heavy (non-hydrogen) atoms. The number of nitrogens with zero attached hydrogens (tertiary/aromatic N) is 1. The summed E-state index contributed by atoms with van der Waals surface area (Å²) in [7, 11) is 2.31. The summed E-state index contributed by atoms with van der Waals surface area (Å²) in [5, 5.41) is 3.81. The average molecular weight is 238 g/mol. The van der Waals surface area contributed by atoms with Crippen molar-refractivity contribution in [3.05, 3.63) is 0 Å². The third-order valence-corrected chi connectivity index (χ3v) is 5.30. The van der Waals surface area contributed by atoms with Crippen LogP contribution in [-0.2, 0) is 4.74 Å². The summed E-state index contributed by atoms with van der Waals surface area (Å²) in [4.78, 5) is 2.61. The van der Waals surface area contributed by atoms with Gasteiger partial charge >= 0.3 is 0 Å². The van der Waals surface area contributed by atoms with Crippen molar-refractivity contribution in [2.24, 2.45) is 5.92 Å². The van der Waals surface area contributed by atoms with Crippen LogP contribution >= 0.6 is 0 Å². The predicted molar refractivity (Wildman–Crippen MR) is 69.1 cm³/mol. The fourth-order valence-corrected chi connectivity index (χ4v) is 3.94. The molecule has 3 heteroatoms. The molecule has 0 radical (unpaired) electrons. The average Bonchev–Trinajstić information content (AvgIpc) is 2.78. The molecule has 1 N–H and O–H groups in total. The first kappa shape index (κ1) is 11.9. The number of ether oxygens (including phenoxy) is 1. The van der Waals surface area contributed by atoms with Gasteiger partial charge in [0.05, 0.1) is 6.10 Å². The van der Waals surface area contributed by atoms with Gasteiger partial charge in [-0.1, -0.05) is 0 Å². The third kappa shape index (κ3) is 2.38. The Balaban J connectivity index is 1.47. The van der Waals surface area contributed by atoms with E-state index in [0.717, 1.165) is 37.2 Å². The molecule has 0 aromatic rings. The van der Waals surface area contributed by atoms with E-state index in [1.807, 2.05) is 0 Å². The molecule has 3 nitrogen and oxygen atoms in total. The molecule has 0 saturated carbocycles. The van der Waals surface area contributed by atoms with Gasteiger partial charge in [-0.05, 0) is 52.0 Å². The molecule has 3 fully saturated rings. The number of piperidine rings is 1. The second-order valence-corrected chi connectivity index (χ2v) is 6.25. The summed E-state index contributed by atoms with van der Waals surface area (Å²) < 4.78 is 5.63. The maximum atomic E-state index is 5.63. The number of fused-ring (bicyclic) bond motifs is 2. The molecule has 3 aliphatic rings. The SMILES string of the molecule is CC1OCCC1CNC1CC2CCC(C1)N2C. The molecular weight excluding hydrogens is 212 g/mol. The van der Waals surface area contributed by atoms with Gasteiger partial charge in [-0.2, -0.15) is 0 Å². The Labute approximate surface area is 105 Å². The zero-order valence-electron chi connectivity index (χ0n) is 11.2. The highest BCUT2D eigenvalue weighted by molar-refractivity contribution is 4.96. The topological polar surface area (TPSA) is 24.5 Å². The van der Waals surface area contributed by atoms with E-state index >= 15 is 0 Å². The van der Waals surface area contributed by atoms with Crippen LogP contribution in [0.1, 0.15) is 39.0 Å². The van der Waals surface area contributed by atoms with Crippen LogP contribution in [0.4, 0.5) is 0 Å². The molecule has 0 aromatic heterocycles. The Morgan fingerprint density at radius 2 is 1.88 bits per heavy atom. The summed E-state index contributed by atoms with van der Waals surface area (Å²) in [6.45, 7) is 4.35. The molecule has 2 bridgehead atoms. The van der Waals surface area contributed by atoms with Crippen molar-refractivity contribution in [1.29, 1.82) is 0 Å². The maximum absolute atomic E-state index is 5.63. The summed E-state index contributed by atoms with van der Waals surface area (Å²) in [6.07, 6.45) is 7.26. The highest BCUT2D eigenvalue weighted by Crippen LogP contribution is 2.34. The lowest BCUT2D eigenvalue weighted by Gasteiger charge is -2.37. The normalized spacial score (nSPS) is 46.6. The van der Waals surface area contributed by atoms with Crippen LogP contribution in [0.5, 0.6) is 0 Å². The minimum Gasteiger partial charge on any atom is -0.378 e. The van der Waals surface area contributed by atoms with Crippen LogP contribution in [0.3, 0.4) is 0 Å². The lowest BCUT2D eigenvalue weighted by molar-refractivity contribution is 0.101. The van der Waals surface area contributed by atoms with Gasteiger partial charge in [0.2, 0.25) is 0 Å². The van der Waals surface area contributed by atoms with Gasteiger partial charge in [0.25, 0.3) is 0 Å². The van der Waals surface area contributed by atoms with Gasteiger partial charge in [0.15, 0.2) is 0 Å². The summed E-state index contributed by atoms with van der Waals surface area (Å²) in [5.41, 5.74) is 0. The second-order valence-electron chi connectivity index (χ2n) is 6.25. The molecule has 4 atom stereocenters. The van der Waals surface area contributed by atoms with Gasteiger partial charge in [-0.25, -0.2) is 0 Å². The molecule has 0 spiro atoms. The second kappa shape index (κ2) is 4.87. The van der Waals surface area contributed by atoms with E-state index in [1.54, 1.807) is 0 Å². The molecule has 0 amide bonds. The van der Waals surface area contributed by atoms with Crippen molar-refractivity contribution in [3.63, 3.8) is 0 Å². The number of nitrogens with one attached hydrogen (secondary N) is 1. The first-order valence-corrected chi connectivity index (χ1v) is 7.31. The van der Waals surface area contributed by atoms with Gasteiger partial charge < -0.3 is 15.0 Å². The predicted octanol–water partition coefficient (Wildman–Crippen LogP) is 1.63. The van der Waals surface area contributed by atoms with Crippen molar-refractivity contribution in [2.75, 3.05) is 20.2 Å². The van der Waals surface area contributed by atoms with Crippen LogP contribution < -0.4 is 5.32 Å². The van der Waals surface area contributed by atoms with E-state index in [4.69, 9.17) is 4.74 Å². The van der Waals surface area contributed by atoms with Crippen LogP contribution in [0.15, 0.2) is 0 Å². The van der Waals surface area contributed by atoms with E-state index in [2.05, 4.69) is 24.2 Å². The minimum atomic E-state index is 0.463. The van der Waals surface area contributed by atoms with Gasteiger partial charge in [-0.3, -0.25) is 0 Å². The number of rotatable bonds is 3. The van der Waals surface area contributed by atoms with Crippen LogP contribution in [-0.4, -0.2) is 49.3 Å². The molecule has 3 heterocycles. The van der Waals surface area contributed by atoms with Crippen LogP contribution in [0.25, 0.3) is 0 Å². The van der Waals surface area contributed by atoms with Crippen molar-refractivity contribution in [3.8, 4) is 0 Å².